The van der Waals surface area contributed by atoms with Crippen molar-refractivity contribution in [3.63, 3.8) is 0 Å². The fourth-order valence-electron chi connectivity index (χ4n) is 2.94. The Kier molecular flexibility index (Phi) is 6.61. The fourth-order valence-corrected chi connectivity index (χ4v) is 3.03. The molecule has 0 bridgehead atoms. The van der Waals surface area contributed by atoms with Crippen molar-refractivity contribution in [2.24, 2.45) is 17.8 Å². The summed E-state index contributed by atoms with van der Waals surface area (Å²) in [5.41, 5.74) is 0. The Morgan fingerprint density at radius 1 is 1.30 bits per heavy atom. The third-order valence-corrected chi connectivity index (χ3v) is 4.65. The van der Waals surface area contributed by atoms with Gasteiger partial charge in [0.1, 0.15) is 0 Å². The molecule has 0 saturated heterocycles. The van der Waals surface area contributed by atoms with Crippen molar-refractivity contribution >= 4 is 17.9 Å². The smallest absolute Gasteiger partial charge is 0.223 e. The third kappa shape index (κ3) is 4.91. The summed E-state index contributed by atoms with van der Waals surface area (Å²) >= 11 is 1.08. The second kappa shape index (κ2) is 8.22. The highest BCUT2D eigenvalue weighted by Gasteiger charge is 2.44. The molecule has 2 rings (SSSR count). The summed E-state index contributed by atoms with van der Waals surface area (Å²) in [6, 6.07) is 0.378. The van der Waals surface area contributed by atoms with Crippen LogP contribution in [-0.2, 0) is 19.1 Å². The molecular weight excluding hydrogens is 278 g/mol. The molecule has 0 heterocycles. The molecular formula is C14H25NO4S. The minimum absolute atomic E-state index is 0.0942. The Bertz CT molecular complexity index is 308. The molecule has 2 aliphatic rings. The Morgan fingerprint density at radius 3 is 2.70 bits per heavy atom. The highest BCUT2D eigenvalue weighted by Crippen LogP contribution is 2.39. The fraction of sp³-hybridized carbons (Fsp3) is 0.929. The van der Waals surface area contributed by atoms with Gasteiger partial charge in [-0.2, -0.15) is 0 Å². The van der Waals surface area contributed by atoms with E-state index in [-0.39, 0.29) is 17.7 Å². The second-order valence-corrected chi connectivity index (χ2v) is 6.29. The molecule has 0 radical (unpaired) electrons. The zero-order chi connectivity index (χ0) is 14.4. The van der Waals surface area contributed by atoms with Crippen LogP contribution in [0.15, 0.2) is 0 Å². The molecule has 0 spiro atoms. The summed E-state index contributed by atoms with van der Waals surface area (Å²) in [7, 11) is 0. The van der Waals surface area contributed by atoms with Crippen molar-refractivity contribution in [2.45, 2.75) is 51.5 Å². The predicted molar refractivity (Wildman–Crippen MR) is 77.4 cm³/mol. The SMILES string of the molecule is CCC1CCC(NC(=O)[C@H]2CC2COOOSC)CC1. The van der Waals surface area contributed by atoms with Crippen LogP contribution in [0.2, 0.25) is 0 Å². The lowest BCUT2D eigenvalue weighted by atomic mass is 9.84. The van der Waals surface area contributed by atoms with Crippen LogP contribution in [0.25, 0.3) is 0 Å². The van der Waals surface area contributed by atoms with Crippen LogP contribution in [0, 0.1) is 17.8 Å². The van der Waals surface area contributed by atoms with Gasteiger partial charge >= 0.3 is 0 Å². The molecule has 2 fully saturated rings. The first-order valence-electron chi connectivity index (χ1n) is 7.53. The van der Waals surface area contributed by atoms with E-state index >= 15 is 0 Å². The average molecular weight is 303 g/mol. The quantitative estimate of drug-likeness (QED) is 0.323. The maximum absolute atomic E-state index is 12.1. The van der Waals surface area contributed by atoms with Gasteiger partial charge in [-0.25, -0.2) is 4.89 Å². The minimum Gasteiger partial charge on any atom is -0.353 e. The molecule has 1 amide bonds. The molecule has 0 aromatic rings. The van der Waals surface area contributed by atoms with Crippen molar-refractivity contribution in [3.8, 4) is 0 Å². The summed E-state index contributed by atoms with van der Waals surface area (Å²) < 4.78 is 4.54. The first-order chi connectivity index (χ1) is 9.74. The number of carbonyl (C=O) groups is 1. The molecule has 1 unspecified atom stereocenters. The lowest BCUT2D eigenvalue weighted by Crippen LogP contribution is -2.38. The van der Waals surface area contributed by atoms with Crippen molar-refractivity contribution in [1.29, 1.82) is 0 Å². The third-order valence-electron chi connectivity index (χ3n) is 4.46. The molecule has 2 atom stereocenters. The molecule has 0 aliphatic heterocycles. The van der Waals surface area contributed by atoms with Gasteiger partial charge in [-0.15, -0.1) is 4.33 Å². The summed E-state index contributed by atoms with van der Waals surface area (Å²) in [6.07, 6.45) is 8.65. The van der Waals surface area contributed by atoms with E-state index in [2.05, 4.69) is 21.6 Å². The number of carbonyl (C=O) groups excluding carboxylic acids is 1. The van der Waals surface area contributed by atoms with Crippen LogP contribution >= 0.6 is 12.0 Å². The van der Waals surface area contributed by atoms with Crippen molar-refractivity contribution < 1.29 is 19.1 Å². The minimum atomic E-state index is 0.0942. The second-order valence-electron chi connectivity index (χ2n) is 5.82. The summed E-state index contributed by atoms with van der Waals surface area (Å²) in [5, 5.41) is 7.65. The zero-order valence-corrected chi connectivity index (χ0v) is 13.1. The van der Waals surface area contributed by atoms with Crippen LogP contribution in [0.4, 0.5) is 0 Å². The van der Waals surface area contributed by atoms with Gasteiger partial charge in [0.05, 0.1) is 6.61 Å². The normalized spacial score (nSPS) is 32.9. The van der Waals surface area contributed by atoms with E-state index in [1.165, 1.54) is 19.3 Å². The molecule has 1 N–H and O–H groups in total. The Balaban J connectivity index is 1.57. The standard InChI is InChI=1S/C14H25NO4S/c1-3-10-4-6-12(7-5-10)15-14(16)13-8-11(13)9-17-18-19-20-2/h10-13H,3-9H2,1-2H3,(H,15,16)/t10?,11?,12?,13-/m0/s1. The van der Waals surface area contributed by atoms with Crippen LogP contribution in [-0.4, -0.2) is 24.8 Å². The Labute approximate surface area is 125 Å². The van der Waals surface area contributed by atoms with E-state index in [1.54, 1.807) is 6.26 Å². The maximum atomic E-state index is 12.1. The van der Waals surface area contributed by atoms with Crippen molar-refractivity contribution in [1.82, 2.24) is 5.32 Å². The van der Waals surface area contributed by atoms with E-state index in [1.807, 2.05) is 0 Å². The van der Waals surface area contributed by atoms with E-state index < -0.39 is 0 Å². The lowest BCUT2D eigenvalue weighted by molar-refractivity contribution is -0.461. The van der Waals surface area contributed by atoms with Crippen molar-refractivity contribution in [3.05, 3.63) is 0 Å². The Morgan fingerprint density at radius 2 is 2.05 bits per heavy atom. The van der Waals surface area contributed by atoms with E-state index in [0.717, 1.165) is 37.2 Å². The number of rotatable bonds is 8. The van der Waals surface area contributed by atoms with Gasteiger partial charge in [0.25, 0.3) is 0 Å². The van der Waals surface area contributed by atoms with Crippen molar-refractivity contribution in [2.75, 3.05) is 12.9 Å². The van der Waals surface area contributed by atoms with Crippen LogP contribution < -0.4 is 5.32 Å². The zero-order valence-electron chi connectivity index (χ0n) is 12.3. The summed E-state index contributed by atoms with van der Waals surface area (Å²) in [5.74, 6) is 1.41. The number of hydrogen-bond donors (Lipinski definition) is 1. The topological polar surface area (TPSA) is 56.8 Å². The molecule has 2 saturated carbocycles. The molecule has 0 aromatic heterocycles. The summed E-state index contributed by atoms with van der Waals surface area (Å²) in [6.45, 7) is 2.67. The van der Waals surface area contributed by atoms with Gasteiger partial charge in [0.15, 0.2) is 0 Å². The predicted octanol–water partition coefficient (Wildman–Crippen LogP) is 2.87. The highest BCUT2D eigenvalue weighted by atomic mass is 32.2. The Hall–Kier alpha value is -0.300. The lowest BCUT2D eigenvalue weighted by Gasteiger charge is -2.28. The van der Waals surface area contributed by atoms with Gasteiger partial charge in [0, 0.05) is 30.3 Å². The first kappa shape index (κ1) is 16.1. The van der Waals surface area contributed by atoms with Gasteiger partial charge in [-0.05, 0) is 43.9 Å². The van der Waals surface area contributed by atoms with E-state index in [9.17, 15) is 4.79 Å². The molecule has 2 aliphatic carbocycles. The monoisotopic (exact) mass is 303 g/mol. The van der Waals surface area contributed by atoms with E-state index in [4.69, 9.17) is 4.89 Å². The van der Waals surface area contributed by atoms with Crippen LogP contribution in [0.1, 0.15) is 45.4 Å². The first-order valence-corrected chi connectivity index (χ1v) is 8.68. The molecule has 0 aromatic carbocycles. The number of hydrogen-bond acceptors (Lipinski definition) is 5. The number of amides is 1. The molecule has 6 heteroatoms. The van der Waals surface area contributed by atoms with Gasteiger partial charge in [-0.3, -0.25) is 4.79 Å². The maximum Gasteiger partial charge on any atom is 0.223 e. The molecule has 5 nitrogen and oxygen atoms in total. The van der Waals surface area contributed by atoms with Crippen LogP contribution in [0.3, 0.4) is 0 Å². The van der Waals surface area contributed by atoms with Crippen LogP contribution in [0.5, 0.6) is 0 Å². The molecule has 20 heavy (non-hydrogen) atoms. The van der Waals surface area contributed by atoms with E-state index in [0.29, 0.717) is 12.6 Å². The van der Waals surface area contributed by atoms with Gasteiger partial charge < -0.3 is 5.32 Å². The largest absolute Gasteiger partial charge is 0.353 e. The average Bonchev–Trinajstić information content (AvgIpc) is 3.24. The van der Waals surface area contributed by atoms with Gasteiger partial charge in [0.2, 0.25) is 5.91 Å². The number of nitrogens with one attached hydrogen (secondary N) is 1. The highest BCUT2D eigenvalue weighted by molar-refractivity contribution is 7.93. The summed E-state index contributed by atoms with van der Waals surface area (Å²) in [4.78, 5) is 17.0. The molecule has 116 valence electrons. The van der Waals surface area contributed by atoms with Gasteiger partial charge in [-0.1, -0.05) is 18.4 Å².